The maximum absolute atomic E-state index is 12.3. The summed E-state index contributed by atoms with van der Waals surface area (Å²) in [7, 11) is 1.70. The van der Waals surface area contributed by atoms with E-state index in [2.05, 4.69) is 15.2 Å². The van der Waals surface area contributed by atoms with Crippen LogP contribution in [0.4, 0.5) is 0 Å². The molecule has 23 heavy (non-hydrogen) atoms. The Kier molecular flexibility index (Phi) is 4.93. The monoisotopic (exact) mass is 317 g/mol. The molecule has 2 heterocycles. The number of carbonyl (C=O) groups is 1. The lowest BCUT2D eigenvalue weighted by atomic mass is 10.1. The zero-order chi connectivity index (χ0) is 16.2. The van der Waals surface area contributed by atoms with Gasteiger partial charge in [-0.25, -0.2) is 4.98 Å². The van der Waals surface area contributed by atoms with Gasteiger partial charge in [0.25, 0.3) is 0 Å². The molecule has 6 heteroatoms. The Balaban J connectivity index is 1.53. The van der Waals surface area contributed by atoms with Crippen molar-refractivity contribution in [3.05, 3.63) is 29.7 Å². The molecule has 124 valence electrons. The van der Waals surface area contributed by atoms with Crippen molar-refractivity contribution in [3.8, 4) is 0 Å². The van der Waals surface area contributed by atoms with E-state index in [1.54, 1.807) is 7.11 Å². The van der Waals surface area contributed by atoms with E-state index in [1.165, 1.54) is 0 Å². The molecule has 1 aromatic heterocycles. The molecule has 0 aliphatic carbocycles. The van der Waals surface area contributed by atoms with Gasteiger partial charge in [0.2, 0.25) is 11.8 Å². The molecule has 1 atom stereocenters. The smallest absolute Gasteiger partial charge is 0.224 e. The second-order valence-electron chi connectivity index (χ2n) is 6.03. The molecule has 3 rings (SSSR count). The van der Waals surface area contributed by atoms with Crippen LogP contribution in [0.25, 0.3) is 11.1 Å². The molecule has 0 saturated carbocycles. The number of nitrogens with zero attached hydrogens (tertiary/aromatic N) is 2. The number of hydrogen-bond donors (Lipinski definition) is 1. The van der Waals surface area contributed by atoms with Gasteiger partial charge < -0.3 is 19.4 Å². The van der Waals surface area contributed by atoms with Crippen LogP contribution in [-0.4, -0.2) is 49.1 Å². The van der Waals surface area contributed by atoms with Gasteiger partial charge in [0.1, 0.15) is 5.52 Å². The topological polar surface area (TPSA) is 67.6 Å². The van der Waals surface area contributed by atoms with Gasteiger partial charge in [0, 0.05) is 20.2 Å². The Morgan fingerprint density at radius 1 is 1.52 bits per heavy atom. The summed E-state index contributed by atoms with van der Waals surface area (Å²) < 4.78 is 10.8. The van der Waals surface area contributed by atoms with Crippen LogP contribution in [0.2, 0.25) is 0 Å². The van der Waals surface area contributed by atoms with Gasteiger partial charge in [0.05, 0.1) is 19.1 Å². The highest BCUT2D eigenvalue weighted by molar-refractivity contribution is 5.79. The number of amides is 1. The number of nitrogens with one attached hydrogen (secondary N) is 1. The number of hydrogen-bond acceptors (Lipinski definition) is 5. The van der Waals surface area contributed by atoms with Crippen molar-refractivity contribution in [1.82, 2.24) is 15.2 Å². The minimum atomic E-state index is 0.0398. The molecule has 1 aliphatic rings. The summed E-state index contributed by atoms with van der Waals surface area (Å²) in [5.41, 5.74) is 2.71. The maximum Gasteiger partial charge on any atom is 0.224 e. The molecule has 2 aromatic rings. The standard InChI is InChI=1S/C17H23N3O3/c1-12-4-3-5-14-16(12)19-15(23-14)10-18-17(21)13-6-7-20(11-13)8-9-22-2/h3-5,13H,6-11H2,1-2H3,(H,18,21)/t13-/m0/s1. The quantitative estimate of drug-likeness (QED) is 0.878. The van der Waals surface area contributed by atoms with Crippen molar-refractivity contribution in [3.63, 3.8) is 0 Å². The van der Waals surface area contributed by atoms with Crippen LogP contribution < -0.4 is 5.32 Å². The second-order valence-corrected chi connectivity index (χ2v) is 6.03. The molecule has 0 radical (unpaired) electrons. The Hall–Kier alpha value is -1.92. The van der Waals surface area contributed by atoms with Gasteiger partial charge in [-0.2, -0.15) is 0 Å². The summed E-state index contributed by atoms with van der Waals surface area (Å²) in [6.07, 6.45) is 0.891. The van der Waals surface area contributed by atoms with E-state index in [4.69, 9.17) is 9.15 Å². The SMILES string of the molecule is COCCN1CC[C@H](C(=O)NCc2nc3c(C)cccc3o2)C1. The summed E-state index contributed by atoms with van der Waals surface area (Å²) in [5.74, 6) is 0.666. The summed E-state index contributed by atoms with van der Waals surface area (Å²) in [4.78, 5) is 19.0. The number of aryl methyl sites for hydroxylation is 1. The first-order valence-electron chi connectivity index (χ1n) is 8.01. The number of benzene rings is 1. The molecule has 6 nitrogen and oxygen atoms in total. The Bertz CT molecular complexity index is 683. The summed E-state index contributed by atoms with van der Waals surface area (Å²) >= 11 is 0. The predicted molar refractivity (Wildman–Crippen MR) is 87.0 cm³/mol. The van der Waals surface area contributed by atoms with Gasteiger partial charge >= 0.3 is 0 Å². The van der Waals surface area contributed by atoms with Crippen LogP contribution in [0.5, 0.6) is 0 Å². The summed E-state index contributed by atoms with van der Waals surface area (Å²) in [6.45, 7) is 5.66. The molecule has 1 amide bonds. The number of ether oxygens (including phenoxy) is 1. The highest BCUT2D eigenvalue weighted by atomic mass is 16.5. The average molecular weight is 317 g/mol. The highest BCUT2D eigenvalue weighted by Crippen LogP contribution is 2.19. The summed E-state index contributed by atoms with van der Waals surface area (Å²) in [6, 6.07) is 5.84. The third kappa shape index (κ3) is 3.71. The molecule has 1 aromatic carbocycles. The number of para-hydroxylation sites is 1. The molecule has 1 saturated heterocycles. The number of methoxy groups -OCH3 is 1. The van der Waals surface area contributed by atoms with E-state index in [9.17, 15) is 4.79 Å². The number of rotatable bonds is 6. The summed E-state index contributed by atoms with van der Waals surface area (Å²) in [5, 5.41) is 2.94. The Morgan fingerprint density at radius 2 is 2.39 bits per heavy atom. The zero-order valence-corrected chi connectivity index (χ0v) is 13.7. The van der Waals surface area contributed by atoms with Gasteiger partial charge in [-0.05, 0) is 31.5 Å². The van der Waals surface area contributed by atoms with Gasteiger partial charge in [-0.15, -0.1) is 0 Å². The fourth-order valence-electron chi connectivity index (χ4n) is 2.98. The molecule has 1 fully saturated rings. The van der Waals surface area contributed by atoms with Crippen molar-refractivity contribution in [2.45, 2.75) is 19.9 Å². The van der Waals surface area contributed by atoms with Crippen LogP contribution in [0.15, 0.2) is 22.6 Å². The molecule has 0 spiro atoms. The number of fused-ring (bicyclic) bond motifs is 1. The lowest BCUT2D eigenvalue weighted by Gasteiger charge is -2.14. The average Bonchev–Trinajstić information content (AvgIpc) is 3.18. The maximum atomic E-state index is 12.3. The third-order valence-electron chi connectivity index (χ3n) is 4.33. The second kappa shape index (κ2) is 7.10. The van der Waals surface area contributed by atoms with Crippen LogP contribution in [-0.2, 0) is 16.1 Å². The van der Waals surface area contributed by atoms with Crippen LogP contribution in [0.3, 0.4) is 0 Å². The van der Waals surface area contributed by atoms with E-state index in [1.807, 2.05) is 25.1 Å². The van der Waals surface area contributed by atoms with E-state index in [0.29, 0.717) is 19.0 Å². The number of aromatic nitrogens is 1. The van der Waals surface area contributed by atoms with Gasteiger partial charge in [0.15, 0.2) is 5.58 Å². The van der Waals surface area contributed by atoms with E-state index in [-0.39, 0.29) is 11.8 Å². The lowest BCUT2D eigenvalue weighted by Crippen LogP contribution is -2.33. The molecular formula is C17H23N3O3. The first-order valence-corrected chi connectivity index (χ1v) is 8.01. The fraction of sp³-hybridized carbons (Fsp3) is 0.529. The van der Waals surface area contributed by atoms with Crippen LogP contribution in [0.1, 0.15) is 17.9 Å². The lowest BCUT2D eigenvalue weighted by molar-refractivity contribution is -0.124. The van der Waals surface area contributed by atoms with Crippen molar-refractivity contribution in [1.29, 1.82) is 0 Å². The predicted octanol–water partition coefficient (Wildman–Crippen LogP) is 1.72. The van der Waals surface area contributed by atoms with Gasteiger partial charge in [-0.1, -0.05) is 12.1 Å². The minimum absolute atomic E-state index is 0.0398. The minimum Gasteiger partial charge on any atom is -0.439 e. The van der Waals surface area contributed by atoms with Crippen molar-refractivity contribution < 1.29 is 13.9 Å². The normalized spacial score (nSPS) is 18.6. The van der Waals surface area contributed by atoms with Gasteiger partial charge in [-0.3, -0.25) is 4.79 Å². The number of carbonyl (C=O) groups excluding carboxylic acids is 1. The molecular weight excluding hydrogens is 294 g/mol. The zero-order valence-electron chi connectivity index (χ0n) is 13.7. The van der Waals surface area contributed by atoms with Crippen molar-refractivity contribution >= 4 is 17.0 Å². The van der Waals surface area contributed by atoms with Crippen LogP contribution >= 0.6 is 0 Å². The first-order chi connectivity index (χ1) is 11.2. The molecule has 0 unspecified atom stereocenters. The number of likely N-dealkylation sites (tertiary alicyclic amines) is 1. The Morgan fingerprint density at radius 3 is 3.17 bits per heavy atom. The Labute approximate surface area is 135 Å². The largest absolute Gasteiger partial charge is 0.439 e. The third-order valence-corrected chi connectivity index (χ3v) is 4.33. The van der Waals surface area contributed by atoms with Crippen LogP contribution in [0, 0.1) is 12.8 Å². The number of oxazole rings is 1. The molecule has 0 bridgehead atoms. The highest BCUT2D eigenvalue weighted by Gasteiger charge is 2.27. The fourth-order valence-corrected chi connectivity index (χ4v) is 2.98. The first kappa shape index (κ1) is 16.0. The molecule has 1 aliphatic heterocycles. The van der Waals surface area contributed by atoms with E-state index in [0.717, 1.165) is 42.7 Å². The molecule has 1 N–H and O–H groups in total. The van der Waals surface area contributed by atoms with E-state index >= 15 is 0 Å². The van der Waals surface area contributed by atoms with Crippen molar-refractivity contribution in [2.24, 2.45) is 5.92 Å². The van der Waals surface area contributed by atoms with Crippen molar-refractivity contribution in [2.75, 3.05) is 33.4 Å². The van der Waals surface area contributed by atoms with E-state index < -0.39 is 0 Å².